The fourth-order valence-corrected chi connectivity index (χ4v) is 5.25. The molecule has 0 N–H and O–H groups in total. The molecule has 0 atom stereocenters. The molecule has 3 nitrogen and oxygen atoms in total. The molecule has 0 aliphatic rings. The molecule has 3 aromatic carbocycles. The Balaban J connectivity index is 1.90. The van der Waals surface area contributed by atoms with Gasteiger partial charge in [0.2, 0.25) is 0 Å². The highest BCUT2D eigenvalue weighted by Crippen LogP contribution is 2.40. The van der Waals surface area contributed by atoms with Crippen molar-refractivity contribution in [2.45, 2.75) is 39.5 Å². The third-order valence-electron chi connectivity index (χ3n) is 6.81. The van der Waals surface area contributed by atoms with E-state index in [1.54, 1.807) is 0 Å². The Bertz CT molecular complexity index is 1650. The number of hydrogen-bond acceptors (Lipinski definition) is 2. The van der Waals surface area contributed by atoms with Gasteiger partial charge in [0.25, 0.3) is 0 Å². The van der Waals surface area contributed by atoms with Crippen molar-refractivity contribution in [1.29, 1.82) is 0 Å². The van der Waals surface area contributed by atoms with Gasteiger partial charge in [0.05, 0.1) is 22.9 Å². The van der Waals surface area contributed by atoms with Crippen molar-refractivity contribution in [3.8, 4) is 11.3 Å². The van der Waals surface area contributed by atoms with E-state index in [0.717, 1.165) is 38.5 Å². The summed E-state index contributed by atoms with van der Waals surface area (Å²) in [6, 6.07) is 23.8. The summed E-state index contributed by atoms with van der Waals surface area (Å²) in [7, 11) is 0. The van der Waals surface area contributed by atoms with Crippen LogP contribution in [0.25, 0.3) is 49.5 Å². The quantitative estimate of drug-likeness (QED) is 0.266. The Kier molecular flexibility index (Phi) is 4.48. The molecule has 0 spiro atoms. The van der Waals surface area contributed by atoms with Crippen molar-refractivity contribution in [2.24, 2.45) is 0 Å². The predicted molar refractivity (Wildman–Crippen MR) is 139 cm³/mol. The van der Waals surface area contributed by atoms with Crippen LogP contribution in [0.1, 0.15) is 50.7 Å². The zero-order valence-corrected chi connectivity index (χ0v) is 19.5. The third kappa shape index (κ3) is 2.88. The lowest BCUT2D eigenvalue weighted by molar-refractivity contribution is 0.836. The fourth-order valence-electron chi connectivity index (χ4n) is 5.25. The minimum Gasteiger partial charge on any atom is -0.289 e. The third-order valence-corrected chi connectivity index (χ3v) is 6.81. The average Bonchev–Trinajstić information content (AvgIpc) is 3.28. The lowest BCUT2D eigenvalue weighted by Crippen LogP contribution is -2.03. The summed E-state index contributed by atoms with van der Waals surface area (Å²) in [5, 5.41) is 4.62. The SMILES string of the molecule is CC(C)c1cccc(C(C)C)c1-c1cnc2c3ccccc3c3ncc4ccccc4c3n12. The number of imidazole rings is 1. The molecule has 0 saturated carbocycles. The number of rotatable bonds is 3. The van der Waals surface area contributed by atoms with Crippen molar-refractivity contribution >= 4 is 38.2 Å². The van der Waals surface area contributed by atoms with Crippen LogP contribution in [0.2, 0.25) is 0 Å². The van der Waals surface area contributed by atoms with Crippen LogP contribution in [0, 0.1) is 0 Å². The molecule has 0 radical (unpaired) electrons. The Morgan fingerprint density at radius 3 is 1.97 bits per heavy atom. The van der Waals surface area contributed by atoms with Crippen LogP contribution in [0.3, 0.4) is 0 Å². The lowest BCUT2D eigenvalue weighted by atomic mass is 9.87. The second-order valence-corrected chi connectivity index (χ2v) is 9.51. The van der Waals surface area contributed by atoms with Gasteiger partial charge in [-0.25, -0.2) is 4.98 Å². The number of benzene rings is 3. The molecule has 33 heavy (non-hydrogen) atoms. The van der Waals surface area contributed by atoms with E-state index in [0.29, 0.717) is 11.8 Å². The molecule has 3 heterocycles. The van der Waals surface area contributed by atoms with Crippen molar-refractivity contribution in [3.05, 3.63) is 90.3 Å². The zero-order valence-electron chi connectivity index (χ0n) is 19.5. The molecule has 6 rings (SSSR count). The van der Waals surface area contributed by atoms with Crippen molar-refractivity contribution < 1.29 is 0 Å². The Morgan fingerprint density at radius 1 is 0.636 bits per heavy atom. The molecule has 3 heteroatoms. The van der Waals surface area contributed by atoms with Gasteiger partial charge in [-0.15, -0.1) is 0 Å². The smallest absolute Gasteiger partial charge is 0.145 e. The van der Waals surface area contributed by atoms with E-state index in [9.17, 15) is 0 Å². The minimum atomic E-state index is 0.408. The van der Waals surface area contributed by atoms with E-state index in [4.69, 9.17) is 9.97 Å². The Morgan fingerprint density at radius 2 is 1.27 bits per heavy atom. The summed E-state index contributed by atoms with van der Waals surface area (Å²) in [6.07, 6.45) is 4.06. The van der Waals surface area contributed by atoms with Gasteiger partial charge in [-0.2, -0.15) is 0 Å². The average molecular weight is 430 g/mol. The van der Waals surface area contributed by atoms with E-state index in [-0.39, 0.29) is 0 Å². The van der Waals surface area contributed by atoms with E-state index >= 15 is 0 Å². The first-order valence-electron chi connectivity index (χ1n) is 11.7. The van der Waals surface area contributed by atoms with Gasteiger partial charge in [-0.05, 0) is 23.0 Å². The normalized spacial score (nSPS) is 12.2. The summed E-state index contributed by atoms with van der Waals surface area (Å²) in [4.78, 5) is 9.98. The van der Waals surface area contributed by atoms with E-state index < -0.39 is 0 Å². The first-order valence-corrected chi connectivity index (χ1v) is 11.7. The molecule has 0 bridgehead atoms. The number of nitrogens with zero attached hydrogens (tertiary/aromatic N) is 3. The van der Waals surface area contributed by atoms with Gasteiger partial charge < -0.3 is 0 Å². The van der Waals surface area contributed by atoms with Crippen molar-refractivity contribution in [1.82, 2.24) is 14.4 Å². The van der Waals surface area contributed by atoms with Gasteiger partial charge in [0.1, 0.15) is 5.65 Å². The summed E-state index contributed by atoms with van der Waals surface area (Å²) >= 11 is 0. The zero-order chi connectivity index (χ0) is 22.7. The molecule has 0 fully saturated rings. The second-order valence-electron chi connectivity index (χ2n) is 9.51. The van der Waals surface area contributed by atoms with Gasteiger partial charge >= 0.3 is 0 Å². The molecule has 0 aliphatic heterocycles. The fraction of sp³-hybridized carbons (Fsp3) is 0.200. The van der Waals surface area contributed by atoms with Gasteiger partial charge in [0, 0.05) is 33.3 Å². The summed E-state index contributed by atoms with van der Waals surface area (Å²) < 4.78 is 2.36. The first-order chi connectivity index (χ1) is 16.1. The Labute approximate surface area is 193 Å². The number of hydrogen-bond donors (Lipinski definition) is 0. The van der Waals surface area contributed by atoms with Crippen LogP contribution in [-0.4, -0.2) is 14.4 Å². The topological polar surface area (TPSA) is 30.2 Å². The van der Waals surface area contributed by atoms with Crippen molar-refractivity contribution in [3.63, 3.8) is 0 Å². The maximum absolute atomic E-state index is 5.02. The molecule has 0 unspecified atom stereocenters. The summed E-state index contributed by atoms with van der Waals surface area (Å²) in [5.41, 5.74) is 8.30. The van der Waals surface area contributed by atoms with Crippen LogP contribution in [0.4, 0.5) is 0 Å². The van der Waals surface area contributed by atoms with Crippen LogP contribution >= 0.6 is 0 Å². The van der Waals surface area contributed by atoms with Gasteiger partial charge in [-0.1, -0.05) is 94.4 Å². The minimum absolute atomic E-state index is 0.408. The molecule has 3 aromatic heterocycles. The Hall–Kier alpha value is -3.72. The van der Waals surface area contributed by atoms with Crippen LogP contribution in [0.5, 0.6) is 0 Å². The summed E-state index contributed by atoms with van der Waals surface area (Å²) in [6.45, 7) is 9.10. The maximum atomic E-state index is 5.02. The second kappa shape index (κ2) is 7.41. The number of fused-ring (bicyclic) bond motifs is 8. The van der Waals surface area contributed by atoms with Crippen LogP contribution < -0.4 is 0 Å². The van der Waals surface area contributed by atoms with Crippen molar-refractivity contribution in [2.75, 3.05) is 0 Å². The molecule has 162 valence electrons. The van der Waals surface area contributed by atoms with Gasteiger partial charge in [-0.3, -0.25) is 9.38 Å². The van der Waals surface area contributed by atoms with Gasteiger partial charge in [0.15, 0.2) is 0 Å². The lowest BCUT2D eigenvalue weighted by Gasteiger charge is -2.20. The van der Waals surface area contributed by atoms with Crippen LogP contribution in [0.15, 0.2) is 79.1 Å². The molecular weight excluding hydrogens is 402 g/mol. The van der Waals surface area contributed by atoms with E-state index in [2.05, 4.69) is 105 Å². The number of aromatic nitrogens is 3. The highest BCUT2D eigenvalue weighted by Gasteiger charge is 2.22. The molecule has 6 aromatic rings. The maximum Gasteiger partial charge on any atom is 0.145 e. The standard InChI is InChI=1S/C30H27N3/c1-18(2)21-14-9-15-22(19(3)4)27(21)26-17-32-30-25-13-8-7-12-24(25)28-29(33(26)30)23-11-6-5-10-20(23)16-31-28/h5-19H,1-4H3. The monoisotopic (exact) mass is 429 g/mol. The largest absolute Gasteiger partial charge is 0.289 e. The van der Waals surface area contributed by atoms with E-state index in [1.165, 1.54) is 22.1 Å². The van der Waals surface area contributed by atoms with E-state index in [1.807, 2.05) is 6.20 Å². The summed E-state index contributed by atoms with van der Waals surface area (Å²) in [5.74, 6) is 0.816. The van der Waals surface area contributed by atoms with Crippen LogP contribution in [-0.2, 0) is 0 Å². The molecule has 0 saturated heterocycles. The molecule has 0 aliphatic carbocycles. The highest BCUT2D eigenvalue weighted by atomic mass is 15.0. The molecule has 0 amide bonds. The predicted octanol–water partition coefficient (Wildman–Crippen LogP) is 8.10. The highest BCUT2D eigenvalue weighted by molar-refractivity contribution is 6.17. The first kappa shape index (κ1) is 19.9. The molecular formula is C30H27N3. The number of pyridine rings is 2.